The van der Waals surface area contributed by atoms with Crippen LogP contribution in [0.3, 0.4) is 0 Å². The fourth-order valence-corrected chi connectivity index (χ4v) is 3.70. The number of carbonyl (C=O) groups is 1. The average Bonchev–Trinajstić information content (AvgIpc) is 3.10. The summed E-state index contributed by atoms with van der Waals surface area (Å²) in [7, 11) is 0. The number of amides is 1. The Morgan fingerprint density at radius 2 is 1.57 bits per heavy atom. The number of carbonyl (C=O) groups excluding carboxylic acids is 1. The van der Waals surface area contributed by atoms with Gasteiger partial charge in [0, 0.05) is 6.54 Å². The standard InChI is InChI=1S/C26H27N3O/c1-19(2)18-29-24-11-7-6-10-23(24)28-25(29)17-27-26(30)16-20-12-14-22(15-13-20)21-8-4-3-5-9-21/h3-15,19H,16-18H2,1-2H3,(H,27,30). The third-order valence-corrected chi connectivity index (χ3v) is 5.15. The second-order valence-electron chi connectivity index (χ2n) is 8.04. The van der Waals surface area contributed by atoms with E-state index in [-0.39, 0.29) is 5.91 Å². The number of fused-ring (bicyclic) bond motifs is 1. The second kappa shape index (κ2) is 8.95. The highest BCUT2D eigenvalue weighted by Gasteiger charge is 2.13. The molecule has 152 valence electrons. The quantitative estimate of drug-likeness (QED) is 0.465. The summed E-state index contributed by atoms with van der Waals surface area (Å²) < 4.78 is 2.22. The first-order valence-electron chi connectivity index (χ1n) is 10.5. The SMILES string of the molecule is CC(C)Cn1c(CNC(=O)Cc2ccc(-c3ccccc3)cc2)nc2ccccc21. The average molecular weight is 398 g/mol. The first-order valence-corrected chi connectivity index (χ1v) is 10.5. The number of rotatable bonds is 7. The molecular formula is C26H27N3O. The lowest BCUT2D eigenvalue weighted by atomic mass is 10.0. The van der Waals surface area contributed by atoms with Gasteiger partial charge in [0.05, 0.1) is 24.0 Å². The second-order valence-corrected chi connectivity index (χ2v) is 8.04. The van der Waals surface area contributed by atoms with Crippen LogP contribution < -0.4 is 5.32 Å². The molecule has 30 heavy (non-hydrogen) atoms. The van der Waals surface area contributed by atoms with Crippen LogP contribution in [0.1, 0.15) is 25.2 Å². The van der Waals surface area contributed by atoms with Crippen LogP contribution >= 0.6 is 0 Å². The van der Waals surface area contributed by atoms with Crippen LogP contribution in [0, 0.1) is 5.92 Å². The Hall–Kier alpha value is -3.40. The van der Waals surface area contributed by atoms with Crippen molar-refractivity contribution < 1.29 is 4.79 Å². The number of hydrogen-bond donors (Lipinski definition) is 1. The molecule has 4 nitrogen and oxygen atoms in total. The lowest BCUT2D eigenvalue weighted by molar-refractivity contribution is -0.120. The van der Waals surface area contributed by atoms with Gasteiger partial charge in [-0.05, 0) is 34.7 Å². The van der Waals surface area contributed by atoms with Gasteiger partial charge in [-0.15, -0.1) is 0 Å². The van der Waals surface area contributed by atoms with E-state index in [1.165, 1.54) is 5.56 Å². The highest BCUT2D eigenvalue weighted by atomic mass is 16.1. The van der Waals surface area contributed by atoms with Gasteiger partial charge in [0.2, 0.25) is 5.91 Å². The Kier molecular flexibility index (Phi) is 5.94. The summed E-state index contributed by atoms with van der Waals surface area (Å²) in [6.07, 6.45) is 0.361. The van der Waals surface area contributed by atoms with E-state index in [1.807, 2.05) is 48.5 Å². The van der Waals surface area contributed by atoms with Crippen LogP contribution in [0.2, 0.25) is 0 Å². The number of para-hydroxylation sites is 2. The molecule has 0 bridgehead atoms. The molecule has 4 heteroatoms. The molecule has 0 fully saturated rings. The predicted molar refractivity (Wildman–Crippen MR) is 122 cm³/mol. The number of aromatic nitrogens is 2. The Bertz CT molecular complexity index is 1130. The molecule has 1 aromatic heterocycles. The molecule has 1 amide bonds. The van der Waals surface area contributed by atoms with Gasteiger partial charge in [0.25, 0.3) is 0 Å². The van der Waals surface area contributed by atoms with E-state index >= 15 is 0 Å². The van der Waals surface area contributed by atoms with Crippen molar-refractivity contribution in [1.82, 2.24) is 14.9 Å². The van der Waals surface area contributed by atoms with Crippen LogP contribution in [-0.4, -0.2) is 15.5 Å². The molecule has 0 aliphatic heterocycles. The molecule has 1 N–H and O–H groups in total. The summed E-state index contributed by atoms with van der Waals surface area (Å²) in [4.78, 5) is 17.3. The molecule has 0 saturated heterocycles. The fourth-order valence-electron chi connectivity index (χ4n) is 3.70. The Balaban J connectivity index is 1.41. The zero-order valence-electron chi connectivity index (χ0n) is 17.5. The van der Waals surface area contributed by atoms with E-state index in [1.54, 1.807) is 0 Å². The van der Waals surface area contributed by atoms with Crippen molar-refractivity contribution in [2.24, 2.45) is 5.92 Å². The molecule has 0 radical (unpaired) electrons. The highest BCUT2D eigenvalue weighted by Crippen LogP contribution is 2.20. The van der Waals surface area contributed by atoms with Crippen molar-refractivity contribution in [3.63, 3.8) is 0 Å². The van der Waals surface area contributed by atoms with Crippen molar-refractivity contribution >= 4 is 16.9 Å². The van der Waals surface area contributed by atoms with Crippen LogP contribution in [0.5, 0.6) is 0 Å². The molecule has 0 atom stereocenters. The summed E-state index contributed by atoms with van der Waals surface area (Å²) >= 11 is 0. The lowest BCUT2D eigenvalue weighted by Crippen LogP contribution is -2.26. The Labute approximate surface area is 177 Å². The smallest absolute Gasteiger partial charge is 0.224 e. The minimum absolute atomic E-state index is 0.00520. The van der Waals surface area contributed by atoms with Gasteiger partial charge in [-0.3, -0.25) is 4.79 Å². The molecule has 0 saturated carbocycles. The monoisotopic (exact) mass is 397 g/mol. The van der Waals surface area contributed by atoms with Crippen molar-refractivity contribution in [2.45, 2.75) is 33.4 Å². The van der Waals surface area contributed by atoms with E-state index in [2.05, 4.69) is 54.1 Å². The van der Waals surface area contributed by atoms with E-state index < -0.39 is 0 Å². The van der Waals surface area contributed by atoms with Gasteiger partial charge < -0.3 is 9.88 Å². The summed E-state index contributed by atoms with van der Waals surface area (Å²) in [5.41, 5.74) is 5.42. The van der Waals surface area contributed by atoms with E-state index in [0.29, 0.717) is 18.9 Å². The predicted octanol–water partition coefficient (Wildman–Crippen LogP) is 5.22. The van der Waals surface area contributed by atoms with Crippen LogP contribution in [0.4, 0.5) is 0 Å². The van der Waals surface area contributed by atoms with Gasteiger partial charge in [-0.25, -0.2) is 4.98 Å². The zero-order chi connectivity index (χ0) is 20.9. The Morgan fingerprint density at radius 3 is 2.30 bits per heavy atom. The van der Waals surface area contributed by atoms with Crippen LogP contribution in [0.25, 0.3) is 22.2 Å². The van der Waals surface area contributed by atoms with Gasteiger partial charge >= 0.3 is 0 Å². The van der Waals surface area contributed by atoms with Gasteiger partial charge in [0.15, 0.2) is 0 Å². The number of nitrogens with zero attached hydrogens (tertiary/aromatic N) is 2. The number of hydrogen-bond acceptors (Lipinski definition) is 2. The minimum atomic E-state index is 0.00520. The van der Waals surface area contributed by atoms with Gasteiger partial charge in [-0.2, -0.15) is 0 Å². The molecule has 1 heterocycles. The topological polar surface area (TPSA) is 46.9 Å². The Morgan fingerprint density at radius 1 is 0.900 bits per heavy atom. The van der Waals surface area contributed by atoms with Crippen molar-refractivity contribution in [2.75, 3.05) is 0 Å². The molecule has 0 aliphatic rings. The molecule has 3 aromatic carbocycles. The summed E-state index contributed by atoms with van der Waals surface area (Å²) in [6.45, 7) is 5.70. The maximum atomic E-state index is 12.5. The van der Waals surface area contributed by atoms with Crippen LogP contribution in [0.15, 0.2) is 78.9 Å². The van der Waals surface area contributed by atoms with E-state index in [0.717, 1.165) is 34.5 Å². The van der Waals surface area contributed by atoms with E-state index in [4.69, 9.17) is 4.98 Å². The normalized spacial score (nSPS) is 11.2. The molecular weight excluding hydrogens is 370 g/mol. The summed E-state index contributed by atoms with van der Waals surface area (Å²) in [6, 6.07) is 26.6. The molecule has 0 aliphatic carbocycles. The number of nitrogens with one attached hydrogen (secondary N) is 1. The first-order chi connectivity index (χ1) is 14.6. The summed E-state index contributed by atoms with van der Waals surface area (Å²) in [5.74, 6) is 1.41. The van der Waals surface area contributed by atoms with Crippen molar-refractivity contribution in [3.05, 3.63) is 90.3 Å². The molecule has 4 aromatic rings. The maximum absolute atomic E-state index is 12.5. The summed E-state index contributed by atoms with van der Waals surface area (Å²) in [5, 5.41) is 3.05. The molecule has 4 rings (SSSR count). The zero-order valence-corrected chi connectivity index (χ0v) is 17.5. The largest absolute Gasteiger partial charge is 0.349 e. The third-order valence-electron chi connectivity index (χ3n) is 5.15. The highest BCUT2D eigenvalue weighted by molar-refractivity contribution is 5.79. The maximum Gasteiger partial charge on any atom is 0.224 e. The fraction of sp³-hybridized carbons (Fsp3) is 0.231. The third kappa shape index (κ3) is 4.60. The van der Waals surface area contributed by atoms with Crippen molar-refractivity contribution in [1.29, 1.82) is 0 Å². The van der Waals surface area contributed by atoms with E-state index in [9.17, 15) is 4.79 Å². The van der Waals surface area contributed by atoms with Crippen LogP contribution in [-0.2, 0) is 24.3 Å². The van der Waals surface area contributed by atoms with Gasteiger partial charge in [-0.1, -0.05) is 80.6 Å². The number of benzene rings is 3. The minimum Gasteiger partial charge on any atom is -0.349 e. The molecule has 0 unspecified atom stereocenters. The first kappa shape index (κ1) is 19.9. The molecule has 0 spiro atoms. The van der Waals surface area contributed by atoms with Crippen molar-refractivity contribution in [3.8, 4) is 11.1 Å². The number of imidazole rings is 1. The van der Waals surface area contributed by atoms with Gasteiger partial charge in [0.1, 0.15) is 5.82 Å². The lowest BCUT2D eigenvalue weighted by Gasteiger charge is -2.12.